The highest BCUT2D eigenvalue weighted by Gasteiger charge is 2.10. The van der Waals surface area contributed by atoms with Gasteiger partial charge in [0, 0.05) is 31.9 Å². The summed E-state index contributed by atoms with van der Waals surface area (Å²) in [5.41, 5.74) is 2.49. The molecule has 2 N–H and O–H groups in total. The average Bonchev–Trinajstić information content (AvgIpc) is 2.77. The molecule has 7 nitrogen and oxygen atoms in total. The Bertz CT molecular complexity index is 934. The van der Waals surface area contributed by atoms with E-state index in [2.05, 4.69) is 21.5 Å². The number of anilines is 1. The summed E-state index contributed by atoms with van der Waals surface area (Å²) in [6.07, 6.45) is 6.17. The molecule has 1 amide bonds. The second-order valence-corrected chi connectivity index (χ2v) is 6.53. The van der Waals surface area contributed by atoms with Crippen molar-refractivity contribution >= 4 is 17.6 Å². The number of nitrogens with one attached hydrogen (secondary N) is 2. The number of carbonyl (C=O) groups is 1. The number of likely N-dealkylation sites (N-methyl/N-ethyl adjacent to an activating group) is 1. The van der Waals surface area contributed by atoms with Crippen LogP contribution in [-0.2, 0) is 11.2 Å². The van der Waals surface area contributed by atoms with Crippen molar-refractivity contribution in [2.45, 2.75) is 6.42 Å². The Labute approximate surface area is 178 Å². The van der Waals surface area contributed by atoms with E-state index < -0.39 is 0 Å². The highest BCUT2D eigenvalue weighted by molar-refractivity contribution is 5.95. The first kappa shape index (κ1) is 22.6. The number of nitrogens with zero attached hydrogens (tertiary/aromatic N) is 2. The van der Waals surface area contributed by atoms with E-state index >= 15 is 0 Å². The Morgan fingerprint density at radius 1 is 1.17 bits per heavy atom. The molecular formula is C23H28N4O3. The van der Waals surface area contributed by atoms with Crippen LogP contribution >= 0.6 is 0 Å². The zero-order valence-corrected chi connectivity index (χ0v) is 17.9. The molecule has 2 aromatic carbocycles. The van der Waals surface area contributed by atoms with Crippen LogP contribution in [0.25, 0.3) is 0 Å². The van der Waals surface area contributed by atoms with Crippen molar-refractivity contribution in [3.63, 3.8) is 0 Å². The molecule has 0 heterocycles. The minimum absolute atomic E-state index is 0.0909. The summed E-state index contributed by atoms with van der Waals surface area (Å²) in [6.45, 7) is 0.800. The van der Waals surface area contributed by atoms with Gasteiger partial charge < -0.3 is 25.0 Å². The second kappa shape index (κ2) is 11.4. The molecule has 0 bridgehead atoms. The van der Waals surface area contributed by atoms with Crippen molar-refractivity contribution in [3.05, 3.63) is 53.6 Å². The molecule has 2 rings (SSSR count). The molecule has 0 saturated heterocycles. The zero-order valence-electron chi connectivity index (χ0n) is 17.9. The van der Waals surface area contributed by atoms with Gasteiger partial charge in [-0.3, -0.25) is 9.79 Å². The van der Waals surface area contributed by atoms with Crippen LogP contribution in [-0.4, -0.2) is 58.2 Å². The van der Waals surface area contributed by atoms with Crippen LogP contribution in [0.15, 0.2) is 47.5 Å². The van der Waals surface area contributed by atoms with Crippen LogP contribution in [0, 0.1) is 12.3 Å². The second-order valence-electron chi connectivity index (χ2n) is 6.53. The van der Waals surface area contributed by atoms with Gasteiger partial charge in [-0.1, -0.05) is 18.1 Å². The molecule has 0 fully saturated rings. The number of hydrogen-bond donors (Lipinski definition) is 2. The van der Waals surface area contributed by atoms with Crippen molar-refractivity contribution in [1.29, 1.82) is 0 Å². The normalized spacial score (nSPS) is 10.7. The molecule has 7 heteroatoms. The van der Waals surface area contributed by atoms with Crippen LogP contribution in [0.5, 0.6) is 11.5 Å². The molecule has 0 aliphatic rings. The predicted octanol–water partition coefficient (Wildman–Crippen LogP) is 2.37. The summed E-state index contributed by atoms with van der Waals surface area (Å²) in [6, 6.07) is 13.0. The Morgan fingerprint density at radius 2 is 1.93 bits per heavy atom. The predicted molar refractivity (Wildman–Crippen MR) is 120 cm³/mol. The first-order chi connectivity index (χ1) is 14.5. The number of ether oxygens (including phenoxy) is 2. The number of hydrogen-bond acceptors (Lipinski definition) is 4. The monoisotopic (exact) mass is 408 g/mol. The lowest BCUT2D eigenvalue weighted by molar-refractivity contribution is -0.115. The molecule has 0 saturated carbocycles. The van der Waals surface area contributed by atoms with Gasteiger partial charge in [0.2, 0.25) is 5.91 Å². The summed E-state index contributed by atoms with van der Waals surface area (Å²) in [5, 5.41) is 5.89. The topological polar surface area (TPSA) is 75.2 Å². The fourth-order valence-corrected chi connectivity index (χ4v) is 2.87. The summed E-state index contributed by atoms with van der Waals surface area (Å²) in [7, 11) is 6.84. The maximum Gasteiger partial charge on any atom is 0.243 e. The van der Waals surface area contributed by atoms with E-state index in [1.54, 1.807) is 39.5 Å². The van der Waals surface area contributed by atoms with Crippen molar-refractivity contribution < 1.29 is 14.3 Å². The fourth-order valence-electron chi connectivity index (χ4n) is 2.87. The van der Waals surface area contributed by atoms with Crippen molar-refractivity contribution in [2.24, 2.45) is 4.99 Å². The van der Waals surface area contributed by atoms with Crippen molar-refractivity contribution in [1.82, 2.24) is 10.2 Å². The van der Waals surface area contributed by atoms with E-state index in [1.807, 2.05) is 36.2 Å². The van der Waals surface area contributed by atoms with Crippen LogP contribution in [0.4, 0.5) is 5.69 Å². The Morgan fingerprint density at radius 3 is 2.60 bits per heavy atom. The van der Waals surface area contributed by atoms with Crippen LogP contribution in [0.1, 0.15) is 11.1 Å². The lowest BCUT2D eigenvalue weighted by atomic mass is 10.1. The van der Waals surface area contributed by atoms with E-state index in [-0.39, 0.29) is 12.5 Å². The molecule has 0 radical (unpaired) electrons. The Hall–Kier alpha value is -3.66. The lowest BCUT2D eigenvalue weighted by Crippen LogP contribution is -2.43. The number of methoxy groups -OCH3 is 2. The van der Waals surface area contributed by atoms with Gasteiger partial charge in [-0.2, -0.15) is 0 Å². The van der Waals surface area contributed by atoms with Gasteiger partial charge in [0.1, 0.15) is 0 Å². The SMILES string of the molecule is C#Cc1cccc(NC(=O)CNC(=NC)N(C)CCc2ccc(OC)c(OC)c2)c1. The van der Waals surface area contributed by atoms with Gasteiger partial charge in [0.05, 0.1) is 20.8 Å². The molecule has 30 heavy (non-hydrogen) atoms. The summed E-state index contributed by atoms with van der Waals surface area (Å²) in [5.74, 6) is 4.39. The van der Waals surface area contributed by atoms with E-state index in [9.17, 15) is 4.79 Å². The van der Waals surface area contributed by atoms with Crippen LogP contribution < -0.4 is 20.1 Å². The third-order valence-corrected chi connectivity index (χ3v) is 4.48. The minimum atomic E-state index is -0.182. The fraction of sp³-hybridized carbons (Fsp3) is 0.304. The highest BCUT2D eigenvalue weighted by atomic mass is 16.5. The van der Waals surface area contributed by atoms with Crippen LogP contribution in [0.3, 0.4) is 0 Å². The quantitative estimate of drug-likeness (QED) is 0.399. The van der Waals surface area contributed by atoms with E-state index in [0.29, 0.717) is 35.3 Å². The first-order valence-electron chi connectivity index (χ1n) is 9.50. The Balaban J connectivity index is 1.86. The number of amides is 1. The van der Waals surface area contributed by atoms with Gasteiger partial charge in [-0.25, -0.2) is 0 Å². The molecular weight excluding hydrogens is 380 g/mol. The van der Waals surface area contributed by atoms with E-state index in [0.717, 1.165) is 12.0 Å². The maximum absolute atomic E-state index is 12.2. The zero-order chi connectivity index (χ0) is 21.9. The summed E-state index contributed by atoms with van der Waals surface area (Å²) >= 11 is 0. The molecule has 0 spiro atoms. The number of carbonyl (C=O) groups excluding carboxylic acids is 1. The molecule has 0 atom stereocenters. The number of guanidine groups is 1. The standard InChI is InChI=1S/C23H28N4O3/c1-6-17-8-7-9-19(14-17)26-22(28)16-25-23(24-2)27(3)13-12-18-10-11-20(29-4)21(15-18)30-5/h1,7-11,14-15H,12-13,16H2,2-5H3,(H,24,25)(H,26,28). The minimum Gasteiger partial charge on any atom is -0.493 e. The third kappa shape index (κ3) is 6.45. The largest absolute Gasteiger partial charge is 0.493 e. The highest BCUT2D eigenvalue weighted by Crippen LogP contribution is 2.27. The maximum atomic E-state index is 12.2. The molecule has 0 aliphatic carbocycles. The summed E-state index contributed by atoms with van der Waals surface area (Å²) < 4.78 is 10.6. The Kier molecular flexibility index (Phi) is 8.57. The lowest BCUT2D eigenvalue weighted by Gasteiger charge is -2.22. The smallest absolute Gasteiger partial charge is 0.243 e. The molecule has 0 aromatic heterocycles. The molecule has 0 unspecified atom stereocenters. The van der Waals surface area contributed by atoms with Gasteiger partial charge in [0.15, 0.2) is 17.5 Å². The van der Waals surface area contributed by atoms with Gasteiger partial charge in [0.25, 0.3) is 0 Å². The van der Waals surface area contributed by atoms with Gasteiger partial charge in [-0.05, 0) is 42.3 Å². The third-order valence-electron chi connectivity index (χ3n) is 4.48. The molecule has 2 aromatic rings. The van der Waals surface area contributed by atoms with E-state index in [1.165, 1.54) is 0 Å². The van der Waals surface area contributed by atoms with Gasteiger partial charge in [-0.15, -0.1) is 6.42 Å². The molecule has 0 aliphatic heterocycles. The van der Waals surface area contributed by atoms with Gasteiger partial charge >= 0.3 is 0 Å². The number of terminal acetylenes is 1. The number of rotatable bonds is 8. The molecule has 158 valence electrons. The number of aliphatic imine (C=N–C) groups is 1. The van der Waals surface area contributed by atoms with E-state index in [4.69, 9.17) is 15.9 Å². The van der Waals surface area contributed by atoms with Crippen LogP contribution in [0.2, 0.25) is 0 Å². The van der Waals surface area contributed by atoms with Crippen molar-refractivity contribution in [2.75, 3.05) is 46.7 Å². The number of benzene rings is 2. The average molecular weight is 409 g/mol. The summed E-state index contributed by atoms with van der Waals surface area (Å²) in [4.78, 5) is 18.5. The first-order valence-corrected chi connectivity index (χ1v) is 9.50. The van der Waals surface area contributed by atoms with Crippen molar-refractivity contribution in [3.8, 4) is 23.8 Å².